The normalized spacial score (nSPS) is 9.89. The second-order valence-corrected chi connectivity index (χ2v) is 4.37. The van der Waals surface area contributed by atoms with Crippen LogP contribution in [0.2, 0.25) is 0 Å². The van der Waals surface area contributed by atoms with Gasteiger partial charge < -0.3 is 10.1 Å². The number of nitrogens with one attached hydrogen (secondary N) is 1. The number of methoxy groups -OCH3 is 1. The van der Waals surface area contributed by atoms with E-state index in [0.29, 0.717) is 21.6 Å². The first-order valence-corrected chi connectivity index (χ1v) is 6.05. The molecule has 1 aromatic heterocycles. The standard InChI is InChI=1S/C13H11BrN2O2/c1-18-11-4-2-3-9(7-11)13(17)16-10-5-6-15-12(14)8-10/h2-8H,1H3,(H,15,16,17). The highest BCUT2D eigenvalue weighted by atomic mass is 79.9. The number of carbonyl (C=O) groups excluding carboxylic acids is 1. The number of benzene rings is 1. The zero-order chi connectivity index (χ0) is 13.0. The molecule has 0 unspecified atom stereocenters. The first kappa shape index (κ1) is 12.6. The van der Waals surface area contributed by atoms with E-state index in [9.17, 15) is 4.79 Å². The van der Waals surface area contributed by atoms with Gasteiger partial charge in [0, 0.05) is 17.4 Å². The molecule has 0 saturated heterocycles. The molecule has 0 saturated carbocycles. The molecule has 0 aliphatic rings. The second kappa shape index (κ2) is 5.64. The summed E-state index contributed by atoms with van der Waals surface area (Å²) in [6.07, 6.45) is 1.62. The lowest BCUT2D eigenvalue weighted by Gasteiger charge is -2.06. The van der Waals surface area contributed by atoms with E-state index >= 15 is 0 Å². The molecule has 0 fully saturated rings. The Kier molecular flexibility index (Phi) is 3.94. The molecular weight excluding hydrogens is 296 g/mol. The van der Waals surface area contributed by atoms with Gasteiger partial charge in [0.05, 0.1) is 7.11 Å². The van der Waals surface area contributed by atoms with E-state index < -0.39 is 0 Å². The number of rotatable bonds is 3. The molecule has 2 rings (SSSR count). The maximum Gasteiger partial charge on any atom is 0.255 e. The lowest BCUT2D eigenvalue weighted by Crippen LogP contribution is -2.11. The quantitative estimate of drug-likeness (QED) is 0.887. The van der Waals surface area contributed by atoms with Gasteiger partial charge in [-0.2, -0.15) is 0 Å². The number of carbonyl (C=O) groups is 1. The van der Waals surface area contributed by atoms with Crippen LogP contribution >= 0.6 is 15.9 Å². The van der Waals surface area contributed by atoms with Crippen molar-refractivity contribution in [3.05, 3.63) is 52.8 Å². The van der Waals surface area contributed by atoms with Gasteiger partial charge in [0.25, 0.3) is 5.91 Å². The zero-order valence-electron chi connectivity index (χ0n) is 9.68. The molecular formula is C13H11BrN2O2. The Morgan fingerprint density at radius 1 is 1.33 bits per heavy atom. The lowest BCUT2D eigenvalue weighted by atomic mass is 10.2. The van der Waals surface area contributed by atoms with E-state index in [2.05, 4.69) is 26.2 Å². The molecule has 92 valence electrons. The zero-order valence-corrected chi connectivity index (χ0v) is 11.3. The summed E-state index contributed by atoms with van der Waals surface area (Å²) in [5.41, 5.74) is 1.23. The molecule has 2 aromatic rings. The minimum atomic E-state index is -0.188. The smallest absolute Gasteiger partial charge is 0.255 e. The van der Waals surface area contributed by atoms with E-state index in [-0.39, 0.29) is 5.91 Å². The van der Waals surface area contributed by atoms with Crippen LogP contribution in [-0.4, -0.2) is 18.0 Å². The van der Waals surface area contributed by atoms with Crippen LogP contribution in [-0.2, 0) is 0 Å². The van der Waals surface area contributed by atoms with Gasteiger partial charge in [0.1, 0.15) is 10.4 Å². The number of hydrogen-bond donors (Lipinski definition) is 1. The van der Waals surface area contributed by atoms with Crippen LogP contribution in [0.25, 0.3) is 0 Å². The van der Waals surface area contributed by atoms with Crippen molar-refractivity contribution in [3.63, 3.8) is 0 Å². The molecule has 4 nitrogen and oxygen atoms in total. The molecule has 0 radical (unpaired) electrons. The fourth-order valence-corrected chi connectivity index (χ4v) is 1.81. The maximum absolute atomic E-state index is 12.0. The molecule has 1 aromatic carbocycles. The minimum absolute atomic E-state index is 0.188. The first-order valence-electron chi connectivity index (χ1n) is 5.26. The van der Waals surface area contributed by atoms with Crippen molar-refractivity contribution in [1.29, 1.82) is 0 Å². The highest BCUT2D eigenvalue weighted by molar-refractivity contribution is 9.10. The molecule has 5 heteroatoms. The summed E-state index contributed by atoms with van der Waals surface area (Å²) in [7, 11) is 1.57. The van der Waals surface area contributed by atoms with Gasteiger partial charge >= 0.3 is 0 Å². The monoisotopic (exact) mass is 306 g/mol. The molecule has 18 heavy (non-hydrogen) atoms. The summed E-state index contributed by atoms with van der Waals surface area (Å²) in [6, 6.07) is 10.4. The van der Waals surface area contributed by atoms with Crippen LogP contribution < -0.4 is 10.1 Å². The third-order valence-electron chi connectivity index (χ3n) is 2.32. The highest BCUT2D eigenvalue weighted by Gasteiger charge is 2.07. The van der Waals surface area contributed by atoms with Crippen LogP contribution in [0.1, 0.15) is 10.4 Å². The Labute approximate surface area is 113 Å². The van der Waals surface area contributed by atoms with Crippen molar-refractivity contribution < 1.29 is 9.53 Å². The average molecular weight is 307 g/mol. The maximum atomic E-state index is 12.0. The average Bonchev–Trinajstić information content (AvgIpc) is 2.39. The molecule has 0 atom stereocenters. The molecule has 1 heterocycles. The number of pyridine rings is 1. The summed E-state index contributed by atoms with van der Waals surface area (Å²) in [5, 5.41) is 2.79. The fraction of sp³-hybridized carbons (Fsp3) is 0.0769. The summed E-state index contributed by atoms with van der Waals surface area (Å²) in [5.74, 6) is 0.463. The van der Waals surface area contributed by atoms with Crippen LogP contribution in [0.3, 0.4) is 0 Å². The highest BCUT2D eigenvalue weighted by Crippen LogP contribution is 2.16. The Morgan fingerprint density at radius 3 is 2.89 bits per heavy atom. The van der Waals surface area contributed by atoms with Crippen LogP contribution in [0.5, 0.6) is 5.75 Å². The van der Waals surface area contributed by atoms with Gasteiger partial charge in [0.15, 0.2) is 0 Å². The summed E-state index contributed by atoms with van der Waals surface area (Å²) in [4.78, 5) is 16.0. The van der Waals surface area contributed by atoms with Gasteiger partial charge in [-0.15, -0.1) is 0 Å². The first-order chi connectivity index (χ1) is 8.69. The SMILES string of the molecule is COc1cccc(C(=O)Nc2ccnc(Br)c2)c1. The minimum Gasteiger partial charge on any atom is -0.497 e. The molecule has 0 aliphatic carbocycles. The van der Waals surface area contributed by atoms with Crippen molar-refractivity contribution >= 4 is 27.5 Å². The molecule has 0 aliphatic heterocycles. The topological polar surface area (TPSA) is 51.2 Å². The van der Waals surface area contributed by atoms with Crippen molar-refractivity contribution in [3.8, 4) is 5.75 Å². The van der Waals surface area contributed by atoms with Crippen molar-refractivity contribution in [2.45, 2.75) is 0 Å². The predicted molar refractivity (Wildman–Crippen MR) is 72.9 cm³/mol. The van der Waals surface area contributed by atoms with E-state index in [0.717, 1.165) is 0 Å². The molecule has 1 N–H and O–H groups in total. The van der Waals surface area contributed by atoms with Crippen LogP contribution in [0.15, 0.2) is 47.2 Å². The number of nitrogens with zero attached hydrogens (tertiary/aromatic N) is 1. The third-order valence-corrected chi connectivity index (χ3v) is 2.75. The van der Waals surface area contributed by atoms with Gasteiger partial charge in [-0.3, -0.25) is 4.79 Å². The third kappa shape index (κ3) is 3.07. The number of halogens is 1. The lowest BCUT2D eigenvalue weighted by molar-refractivity contribution is 0.102. The van der Waals surface area contributed by atoms with E-state index in [4.69, 9.17) is 4.74 Å². The van der Waals surface area contributed by atoms with Gasteiger partial charge in [0.2, 0.25) is 0 Å². The van der Waals surface area contributed by atoms with Crippen molar-refractivity contribution in [1.82, 2.24) is 4.98 Å². The van der Waals surface area contributed by atoms with Gasteiger partial charge in [-0.25, -0.2) is 4.98 Å². The largest absolute Gasteiger partial charge is 0.497 e. The van der Waals surface area contributed by atoms with Crippen LogP contribution in [0.4, 0.5) is 5.69 Å². The number of anilines is 1. The van der Waals surface area contributed by atoms with Gasteiger partial charge in [-0.05, 0) is 46.3 Å². The van der Waals surface area contributed by atoms with E-state index in [1.807, 2.05) is 0 Å². The number of ether oxygens (including phenoxy) is 1. The number of hydrogen-bond acceptors (Lipinski definition) is 3. The predicted octanol–water partition coefficient (Wildman–Crippen LogP) is 3.11. The molecule has 0 bridgehead atoms. The van der Waals surface area contributed by atoms with Crippen LogP contribution in [0, 0.1) is 0 Å². The molecule has 0 spiro atoms. The Hall–Kier alpha value is -1.88. The summed E-state index contributed by atoms with van der Waals surface area (Å²) < 4.78 is 5.75. The van der Waals surface area contributed by atoms with E-state index in [1.165, 1.54) is 0 Å². The molecule has 1 amide bonds. The Balaban J connectivity index is 2.16. The Morgan fingerprint density at radius 2 is 2.17 bits per heavy atom. The second-order valence-electron chi connectivity index (χ2n) is 3.55. The number of amides is 1. The van der Waals surface area contributed by atoms with E-state index in [1.54, 1.807) is 49.7 Å². The fourth-order valence-electron chi connectivity index (χ4n) is 1.45. The Bertz CT molecular complexity index is 572. The van der Waals surface area contributed by atoms with Crippen molar-refractivity contribution in [2.24, 2.45) is 0 Å². The van der Waals surface area contributed by atoms with Crippen molar-refractivity contribution in [2.75, 3.05) is 12.4 Å². The summed E-state index contributed by atoms with van der Waals surface area (Å²) >= 11 is 3.25. The number of aromatic nitrogens is 1. The summed E-state index contributed by atoms with van der Waals surface area (Å²) in [6.45, 7) is 0. The van der Waals surface area contributed by atoms with Gasteiger partial charge in [-0.1, -0.05) is 6.07 Å².